The summed E-state index contributed by atoms with van der Waals surface area (Å²) in [5.74, 6) is 0.479. The minimum atomic E-state index is -0.267. The summed E-state index contributed by atoms with van der Waals surface area (Å²) in [6, 6.07) is 26.8. The topological polar surface area (TPSA) is 68.5 Å². The van der Waals surface area contributed by atoms with Gasteiger partial charge in [0.15, 0.2) is 0 Å². The predicted molar refractivity (Wildman–Crippen MR) is 121 cm³/mol. The van der Waals surface area contributed by atoms with Gasteiger partial charge in [-0.25, -0.2) is 5.43 Å². The van der Waals surface area contributed by atoms with Crippen LogP contribution in [0.15, 0.2) is 96.2 Å². The van der Waals surface area contributed by atoms with Crippen molar-refractivity contribution in [3.05, 3.63) is 108 Å². The van der Waals surface area contributed by atoms with E-state index in [1.165, 1.54) is 0 Å². The molecule has 154 valence electrons. The van der Waals surface area contributed by atoms with E-state index in [0.717, 1.165) is 28.1 Å². The van der Waals surface area contributed by atoms with Crippen LogP contribution >= 0.6 is 0 Å². The van der Waals surface area contributed by atoms with E-state index in [1.807, 2.05) is 71.5 Å². The molecule has 1 aromatic heterocycles. The molecule has 0 fully saturated rings. The molecule has 0 radical (unpaired) electrons. The highest BCUT2D eigenvalue weighted by atomic mass is 16.5. The SMILES string of the molecule is COc1cccc(-c2nn(Cc3ccccc3)cc2/C=N\NC(=O)c2ccccc2)c1. The molecule has 1 N–H and O–H groups in total. The van der Waals surface area contributed by atoms with Gasteiger partial charge in [-0.15, -0.1) is 0 Å². The average molecular weight is 410 g/mol. The number of methoxy groups -OCH3 is 1. The third-order valence-electron chi connectivity index (χ3n) is 4.73. The summed E-state index contributed by atoms with van der Waals surface area (Å²) in [4.78, 5) is 12.3. The predicted octanol–water partition coefficient (Wildman–Crippen LogP) is 4.37. The maximum Gasteiger partial charge on any atom is 0.271 e. The number of hydrogen-bond acceptors (Lipinski definition) is 4. The molecule has 6 heteroatoms. The Bertz CT molecular complexity index is 1180. The number of nitrogens with one attached hydrogen (secondary N) is 1. The van der Waals surface area contributed by atoms with E-state index < -0.39 is 0 Å². The third kappa shape index (κ3) is 5.05. The highest BCUT2D eigenvalue weighted by Crippen LogP contribution is 2.25. The van der Waals surface area contributed by atoms with Gasteiger partial charge in [-0.3, -0.25) is 9.48 Å². The summed E-state index contributed by atoms with van der Waals surface area (Å²) in [5.41, 5.74) is 6.72. The van der Waals surface area contributed by atoms with Gasteiger partial charge < -0.3 is 4.74 Å². The summed E-state index contributed by atoms with van der Waals surface area (Å²) in [5, 5.41) is 8.92. The molecule has 4 aromatic rings. The van der Waals surface area contributed by atoms with E-state index in [9.17, 15) is 4.79 Å². The van der Waals surface area contributed by atoms with Crippen LogP contribution in [0.2, 0.25) is 0 Å². The molecule has 0 bridgehead atoms. The Labute approximate surface area is 180 Å². The Kier molecular flexibility index (Phi) is 6.18. The number of nitrogens with zero attached hydrogens (tertiary/aromatic N) is 3. The molecule has 6 nitrogen and oxygen atoms in total. The number of hydrazone groups is 1. The first-order valence-corrected chi connectivity index (χ1v) is 9.87. The van der Waals surface area contributed by atoms with Gasteiger partial charge >= 0.3 is 0 Å². The fraction of sp³-hybridized carbons (Fsp3) is 0.0800. The first-order chi connectivity index (χ1) is 15.2. The van der Waals surface area contributed by atoms with Gasteiger partial charge in [0.05, 0.1) is 19.9 Å². The number of benzene rings is 3. The molecule has 1 heterocycles. The van der Waals surface area contributed by atoms with Crippen LogP contribution in [-0.4, -0.2) is 29.0 Å². The Morgan fingerprint density at radius 1 is 1.03 bits per heavy atom. The Morgan fingerprint density at radius 2 is 1.77 bits per heavy atom. The zero-order valence-electron chi connectivity index (χ0n) is 17.1. The lowest BCUT2D eigenvalue weighted by Gasteiger charge is -2.03. The van der Waals surface area contributed by atoms with Crippen molar-refractivity contribution in [1.29, 1.82) is 0 Å². The Hall–Kier alpha value is -4.19. The third-order valence-corrected chi connectivity index (χ3v) is 4.73. The minimum Gasteiger partial charge on any atom is -0.497 e. The van der Waals surface area contributed by atoms with Crippen molar-refractivity contribution in [3.8, 4) is 17.0 Å². The van der Waals surface area contributed by atoms with Crippen LogP contribution in [0.3, 0.4) is 0 Å². The van der Waals surface area contributed by atoms with E-state index in [0.29, 0.717) is 12.1 Å². The molecule has 0 atom stereocenters. The lowest BCUT2D eigenvalue weighted by molar-refractivity contribution is 0.0955. The molecule has 0 aliphatic heterocycles. The van der Waals surface area contributed by atoms with Crippen LogP contribution in [-0.2, 0) is 6.54 Å². The summed E-state index contributed by atoms with van der Waals surface area (Å²) in [6.07, 6.45) is 3.53. The molecular weight excluding hydrogens is 388 g/mol. The van der Waals surface area contributed by atoms with E-state index in [4.69, 9.17) is 9.84 Å². The summed E-state index contributed by atoms with van der Waals surface area (Å²) >= 11 is 0. The Balaban J connectivity index is 1.61. The number of amides is 1. The van der Waals surface area contributed by atoms with E-state index in [-0.39, 0.29) is 5.91 Å². The first kappa shape index (κ1) is 20.1. The second-order valence-electron chi connectivity index (χ2n) is 6.91. The minimum absolute atomic E-state index is 0.267. The number of hydrogen-bond donors (Lipinski definition) is 1. The standard InChI is InChI=1S/C25H22N4O2/c1-31-23-14-8-13-21(15-23)24-22(16-26-27-25(30)20-11-6-3-7-12-20)18-29(28-24)17-19-9-4-2-5-10-19/h2-16,18H,17H2,1H3,(H,27,30)/b26-16-. The smallest absolute Gasteiger partial charge is 0.271 e. The van der Waals surface area contributed by atoms with Crippen molar-refractivity contribution in [2.45, 2.75) is 6.54 Å². The van der Waals surface area contributed by atoms with Crippen molar-refractivity contribution in [3.63, 3.8) is 0 Å². The molecule has 0 aliphatic carbocycles. The molecule has 0 unspecified atom stereocenters. The van der Waals surface area contributed by atoms with Crippen molar-refractivity contribution < 1.29 is 9.53 Å². The van der Waals surface area contributed by atoms with E-state index in [2.05, 4.69) is 22.7 Å². The molecule has 0 spiro atoms. The summed E-state index contributed by atoms with van der Waals surface area (Å²) < 4.78 is 7.22. The number of ether oxygens (including phenoxy) is 1. The second-order valence-corrected chi connectivity index (χ2v) is 6.91. The maximum absolute atomic E-state index is 12.3. The van der Waals surface area contributed by atoms with Crippen LogP contribution in [0.1, 0.15) is 21.5 Å². The van der Waals surface area contributed by atoms with Crippen molar-refractivity contribution in [2.75, 3.05) is 7.11 Å². The monoisotopic (exact) mass is 410 g/mol. The molecule has 0 aliphatic rings. The molecule has 4 rings (SSSR count). The van der Waals surface area contributed by atoms with Gasteiger partial charge in [0.1, 0.15) is 11.4 Å². The lowest BCUT2D eigenvalue weighted by Crippen LogP contribution is -2.17. The van der Waals surface area contributed by atoms with Crippen LogP contribution < -0.4 is 10.2 Å². The van der Waals surface area contributed by atoms with Gasteiger partial charge in [-0.2, -0.15) is 10.2 Å². The van der Waals surface area contributed by atoms with Gasteiger partial charge in [0, 0.05) is 22.9 Å². The largest absolute Gasteiger partial charge is 0.497 e. The summed E-state index contributed by atoms with van der Waals surface area (Å²) in [7, 11) is 1.63. The zero-order chi connectivity index (χ0) is 21.5. The lowest BCUT2D eigenvalue weighted by atomic mass is 10.1. The number of rotatable bonds is 7. The van der Waals surface area contributed by atoms with E-state index in [1.54, 1.807) is 25.5 Å². The number of aromatic nitrogens is 2. The number of carbonyl (C=O) groups excluding carboxylic acids is 1. The van der Waals surface area contributed by atoms with Crippen molar-refractivity contribution in [1.82, 2.24) is 15.2 Å². The second kappa shape index (κ2) is 9.54. The fourth-order valence-corrected chi connectivity index (χ4v) is 3.19. The van der Waals surface area contributed by atoms with Gasteiger partial charge in [0.25, 0.3) is 5.91 Å². The molecule has 1 amide bonds. The van der Waals surface area contributed by atoms with Crippen LogP contribution in [0, 0.1) is 0 Å². The fourth-order valence-electron chi connectivity index (χ4n) is 3.19. The van der Waals surface area contributed by atoms with Crippen molar-refractivity contribution in [2.24, 2.45) is 5.10 Å². The van der Waals surface area contributed by atoms with Crippen LogP contribution in [0.4, 0.5) is 0 Å². The highest BCUT2D eigenvalue weighted by Gasteiger charge is 2.12. The first-order valence-electron chi connectivity index (χ1n) is 9.87. The molecular formula is C25H22N4O2. The summed E-state index contributed by atoms with van der Waals surface area (Å²) in [6.45, 7) is 0.627. The van der Waals surface area contributed by atoms with Gasteiger partial charge in [-0.05, 0) is 29.8 Å². The molecule has 3 aromatic carbocycles. The highest BCUT2D eigenvalue weighted by molar-refractivity contribution is 5.95. The van der Waals surface area contributed by atoms with Gasteiger partial charge in [0.2, 0.25) is 0 Å². The normalized spacial score (nSPS) is 10.9. The van der Waals surface area contributed by atoms with Crippen LogP contribution in [0.25, 0.3) is 11.3 Å². The maximum atomic E-state index is 12.3. The molecule has 0 saturated heterocycles. The molecule has 31 heavy (non-hydrogen) atoms. The van der Waals surface area contributed by atoms with E-state index >= 15 is 0 Å². The molecule has 0 saturated carbocycles. The number of carbonyl (C=O) groups is 1. The van der Waals surface area contributed by atoms with Crippen LogP contribution in [0.5, 0.6) is 5.75 Å². The Morgan fingerprint density at radius 3 is 2.52 bits per heavy atom. The quantitative estimate of drug-likeness (QED) is 0.363. The van der Waals surface area contributed by atoms with Gasteiger partial charge in [-0.1, -0.05) is 60.7 Å². The zero-order valence-corrected chi connectivity index (χ0v) is 17.1. The average Bonchev–Trinajstić information content (AvgIpc) is 3.22. The van der Waals surface area contributed by atoms with Crippen molar-refractivity contribution >= 4 is 12.1 Å².